The van der Waals surface area contributed by atoms with E-state index in [0.717, 1.165) is 31.2 Å². The maximum atomic E-state index is 14.1. The van der Waals surface area contributed by atoms with Crippen LogP contribution in [0, 0.1) is 11.7 Å². The second-order valence-electron chi connectivity index (χ2n) is 7.09. The number of amides is 1. The summed E-state index contributed by atoms with van der Waals surface area (Å²) in [7, 11) is 0. The SMILES string of the molecule is O=C(Oc1ccccc1)N1CCC(CCn2ccc3cccc(F)c32)CC1. The lowest BCUT2D eigenvalue weighted by Crippen LogP contribution is -2.40. The predicted molar refractivity (Wildman–Crippen MR) is 103 cm³/mol. The Labute approximate surface area is 158 Å². The van der Waals surface area contributed by atoms with E-state index in [0.29, 0.717) is 30.3 Å². The number of piperidine rings is 1. The van der Waals surface area contributed by atoms with Gasteiger partial charge in [-0.2, -0.15) is 0 Å². The van der Waals surface area contributed by atoms with Crippen molar-refractivity contribution in [1.29, 1.82) is 0 Å². The number of ether oxygens (including phenoxy) is 1. The number of nitrogens with zero attached hydrogens (tertiary/aromatic N) is 2. The summed E-state index contributed by atoms with van der Waals surface area (Å²) < 4.78 is 21.5. The van der Waals surface area contributed by atoms with Crippen molar-refractivity contribution in [3.63, 3.8) is 0 Å². The number of likely N-dealkylation sites (tertiary alicyclic amines) is 1. The quantitative estimate of drug-likeness (QED) is 0.645. The molecule has 4 rings (SSSR count). The molecule has 3 aromatic rings. The first-order valence-electron chi connectivity index (χ1n) is 9.46. The maximum Gasteiger partial charge on any atom is 0.415 e. The first kappa shape index (κ1) is 17.6. The van der Waals surface area contributed by atoms with Crippen LogP contribution in [0.2, 0.25) is 0 Å². The van der Waals surface area contributed by atoms with Gasteiger partial charge in [-0.3, -0.25) is 0 Å². The third kappa shape index (κ3) is 3.97. The van der Waals surface area contributed by atoms with Gasteiger partial charge >= 0.3 is 6.09 Å². The molecule has 0 aliphatic carbocycles. The second kappa shape index (κ2) is 7.82. The molecule has 0 radical (unpaired) electrons. The Balaban J connectivity index is 1.29. The summed E-state index contributed by atoms with van der Waals surface area (Å²) in [5.74, 6) is 0.942. The van der Waals surface area contributed by atoms with E-state index in [4.69, 9.17) is 4.74 Å². The number of rotatable bonds is 4. The summed E-state index contributed by atoms with van der Waals surface area (Å²) in [6.45, 7) is 2.21. The molecule has 1 fully saturated rings. The average Bonchev–Trinajstić information content (AvgIpc) is 3.12. The fraction of sp³-hybridized carbons (Fsp3) is 0.318. The number of hydrogen-bond donors (Lipinski definition) is 0. The molecule has 1 saturated heterocycles. The molecule has 0 unspecified atom stereocenters. The highest BCUT2D eigenvalue weighted by molar-refractivity contribution is 5.80. The number of para-hydroxylation sites is 2. The molecule has 1 aliphatic heterocycles. The Bertz CT molecular complexity index is 914. The summed E-state index contributed by atoms with van der Waals surface area (Å²) in [4.78, 5) is 14.0. The Morgan fingerprint density at radius 1 is 1.04 bits per heavy atom. The lowest BCUT2D eigenvalue weighted by molar-refractivity contribution is 0.128. The summed E-state index contributed by atoms with van der Waals surface area (Å²) in [6, 6.07) is 16.3. The maximum absolute atomic E-state index is 14.1. The number of aryl methyl sites for hydroxylation is 1. The number of carbonyl (C=O) groups is 1. The molecule has 1 amide bonds. The molecule has 0 saturated carbocycles. The van der Waals surface area contributed by atoms with Gasteiger partial charge in [-0.25, -0.2) is 9.18 Å². The van der Waals surface area contributed by atoms with Gasteiger partial charge in [-0.1, -0.05) is 30.3 Å². The molecule has 0 spiro atoms. The van der Waals surface area contributed by atoms with Crippen molar-refractivity contribution < 1.29 is 13.9 Å². The van der Waals surface area contributed by atoms with E-state index in [9.17, 15) is 9.18 Å². The minimum Gasteiger partial charge on any atom is -0.410 e. The first-order valence-corrected chi connectivity index (χ1v) is 9.46. The molecule has 27 heavy (non-hydrogen) atoms. The highest BCUT2D eigenvalue weighted by Crippen LogP contribution is 2.25. The third-order valence-electron chi connectivity index (χ3n) is 5.34. The van der Waals surface area contributed by atoms with Crippen LogP contribution in [0.15, 0.2) is 60.8 Å². The number of fused-ring (bicyclic) bond motifs is 1. The topological polar surface area (TPSA) is 34.5 Å². The van der Waals surface area contributed by atoms with E-state index < -0.39 is 0 Å². The zero-order valence-corrected chi connectivity index (χ0v) is 15.2. The third-order valence-corrected chi connectivity index (χ3v) is 5.34. The molecule has 0 bridgehead atoms. The highest BCUT2D eigenvalue weighted by atomic mass is 19.1. The van der Waals surface area contributed by atoms with E-state index in [1.54, 1.807) is 23.1 Å². The van der Waals surface area contributed by atoms with Crippen molar-refractivity contribution in [2.45, 2.75) is 25.8 Å². The van der Waals surface area contributed by atoms with Gasteiger partial charge in [0.15, 0.2) is 0 Å². The van der Waals surface area contributed by atoms with Crippen LogP contribution in [-0.4, -0.2) is 28.6 Å². The van der Waals surface area contributed by atoms with Crippen LogP contribution < -0.4 is 4.74 Å². The van der Waals surface area contributed by atoms with Gasteiger partial charge in [0.25, 0.3) is 0 Å². The van der Waals surface area contributed by atoms with Gasteiger partial charge < -0.3 is 14.2 Å². The van der Waals surface area contributed by atoms with Gasteiger partial charge in [0, 0.05) is 31.2 Å². The van der Waals surface area contributed by atoms with E-state index in [1.165, 1.54) is 6.07 Å². The number of aromatic nitrogens is 1. The number of benzene rings is 2. The van der Waals surface area contributed by atoms with E-state index in [1.807, 2.05) is 41.1 Å². The lowest BCUT2D eigenvalue weighted by atomic mass is 9.94. The predicted octanol–water partition coefficient (Wildman–Crippen LogP) is 5.08. The van der Waals surface area contributed by atoms with Crippen LogP contribution in [0.1, 0.15) is 19.3 Å². The summed E-state index contributed by atoms with van der Waals surface area (Å²) in [5, 5.41) is 0.938. The Hall–Kier alpha value is -2.82. The average molecular weight is 366 g/mol. The minimum atomic E-state index is -0.280. The van der Waals surface area contributed by atoms with Crippen molar-refractivity contribution in [3.8, 4) is 5.75 Å². The number of carbonyl (C=O) groups excluding carboxylic acids is 1. The van der Waals surface area contributed by atoms with Gasteiger partial charge in [0.1, 0.15) is 11.6 Å². The van der Waals surface area contributed by atoms with Crippen LogP contribution in [0.4, 0.5) is 9.18 Å². The number of halogens is 1. The normalized spacial score (nSPS) is 15.2. The monoisotopic (exact) mass is 366 g/mol. The summed E-state index contributed by atoms with van der Waals surface area (Å²) in [6.07, 6.45) is 4.56. The molecule has 1 aliphatic rings. The van der Waals surface area contributed by atoms with E-state index in [-0.39, 0.29) is 11.9 Å². The molecular formula is C22H23FN2O2. The molecule has 140 valence electrons. The molecule has 0 atom stereocenters. The fourth-order valence-electron chi connectivity index (χ4n) is 3.78. The van der Waals surface area contributed by atoms with Crippen LogP contribution in [0.25, 0.3) is 10.9 Å². The molecule has 2 aromatic carbocycles. The van der Waals surface area contributed by atoms with Gasteiger partial charge in [0.2, 0.25) is 0 Å². The van der Waals surface area contributed by atoms with Gasteiger partial charge in [0.05, 0.1) is 5.52 Å². The minimum absolute atomic E-state index is 0.170. The smallest absolute Gasteiger partial charge is 0.410 e. The zero-order chi connectivity index (χ0) is 18.6. The zero-order valence-electron chi connectivity index (χ0n) is 15.2. The van der Waals surface area contributed by atoms with Crippen molar-refractivity contribution in [1.82, 2.24) is 9.47 Å². The molecule has 4 nitrogen and oxygen atoms in total. The fourth-order valence-corrected chi connectivity index (χ4v) is 3.78. The molecule has 1 aromatic heterocycles. The van der Waals surface area contributed by atoms with Crippen LogP contribution in [-0.2, 0) is 6.54 Å². The van der Waals surface area contributed by atoms with Crippen LogP contribution in [0.5, 0.6) is 5.75 Å². The lowest BCUT2D eigenvalue weighted by Gasteiger charge is -2.31. The highest BCUT2D eigenvalue weighted by Gasteiger charge is 2.24. The Kier molecular flexibility index (Phi) is 5.10. The Morgan fingerprint density at radius 3 is 2.59 bits per heavy atom. The summed E-state index contributed by atoms with van der Waals surface area (Å²) >= 11 is 0. The van der Waals surface area contributed by atoms with Crippen molar-refractivity contribution in [3.05, 3.63) is 66.6 Å². The first-order chi connectivity index (χ1) is 13.2. The largest absolute Gasteiger partial charge is 0.415 e. The number of hydrogen-bond acceptors (Lipinski definition) is 2. The summed E-state index contributed by atoms with van der Waals surface area (Å²) in [5.41, 5.74) is 0.682. The standard InChI is InChI=1S/C22H23FN2O2/c23-20-8-4-5-18-12-16-24(21(18)20)13-9-17-10-14-25(15-11-17)22(26)27-19-6-2-1-3-7-19/h1-8,12,16-17H,9-11,13-15H2. The second-order valence-corrected chi connectivity index (χ2v) is 7.09. The molecule has 0 N–H and O–H groups in total. The van der Waals surface area contributed by atoms with Gasteiger partial charge in [-0.15, -0.1) is 0 Å². The van der Waals surface area contributed by atoms with Crippen molar-refractivity contribution in [2.75, 3.05) is 13.1 Å². The van der Waals surface area contributed by atoms with Gasteiger partial charge in [-0.05, 0) is 49.4 Å². The molecule has 2 heterocycles. The molecular weight excluding hydrogens is 343 g/mol. The Morgan fingerprint density at radius 2 is 1.81 bits per heavy atom. The van der Waals surface area contributed by atoms with E-state index in [2.05, 4.69) is 0 Å². The van der Waals surface area contributed by atoms with E-state index >= 15 is 0 Å². The molecule has 5 heteroatoms. The van der Waals surface area contributed by atoms with Crippen molar-refractivity contribution >= 4 is 17.0 Å². The van der Waals surface area contributed by atoms with Crippen LogP contribution in [0.3, 0.4) is 0 Å². The van der Waals surface area contributed by atoms with Crippen LogP contribution >= 0.6 is 0 Å². The van der Waals surface area contributed by atoms with Crippen molar-refractivity contribution in [2.24, 2.45) is 5.92 Å².